The summed E-state index contributed by atoms with van der Waals surface area (Å²) in [5, 5.41) is 3.60. The third-order valence-corrected chi connectivity index (χ3v) is 6.86. The Bertz CT molecular complexity index is 1330. The first-order chi connectivity index (χ1) is 15.5. The molecule has 3 aromatic carbocycles. The maximum atomic E-state index is 13.5. The molecule has 0 bridgehead atoms. The van der Waals surface area contributed by atoms with Crippen molar-refractivity contribution < 1.29 is 17.9 Å². The number of fused-ring (bicyclic) bond motifs is 1. The lowest BCUT2D eigenvalue weighted by molar-refractivity contribution is 0.0922. The van der Waals surface area contributed by atoms with Crippen LogP contribution in [0.5, 0.6) is 0 Å². The first-order valence-corrected chi connectivity index (χ1v) is 11.8. The summed E-state index contributed by atoms with van der Waals surface area (Å²) in [7, 11) is -3.85. The van der Waals surface area contributed by atoms with E-state index in [2.05, 4.69) is 5.32 Å². The molecule has 0 aliphatic heterocycles. The van der Waals surface area contributed by atoms with E-state index in [0.717, 1.165) is 16.5 Å². The number of nitrogens with one attached hydrogen (secondary N) is 1. The highest BCUT2D eigenvalue weighted by molar-refractivity contribution is 7.90. The van der Waals surface area contributed by atoms with Crippen molar-refractivity contribution in [1.29, 1.82) is 0 Å². The van der Waals surface area contributed by atoms with E-state index >= 15 is 0 Å². The average Bonchev–Trinajstić information content (AvgIpc) is 3.23. The molecule has 32 heavy (non-hydrogen) atoms. The van der Waals surface area contributed by atoms with E-state index in [1.807, 2.05) is 55.5 Å². The fraction of sp³-hybridized carbons (Fsp3) is 0.160. The molecule has 7 heteroatoms. The predicted molar refractivity (Wildman–Crippen MR) is 125 cm³/mol. The normalized spacial score (nSPS) is 11.5. The van der Waals surface area contributed by atoms with Crippen LogP contribution in [0, 0.1) is 0 Å². The number of para-hydroxylation sites is 1. The van der Waals surface area contributed by atoms with Crippen molar-refractivity contribution >= 4 is 26.8 Å². The van der Waals surface area contributed by atoms with Crippen molar-refractivity contribution in [2.24, 2.45) is 0 Å². The number of hydrogen-bond donors (Lipinski definition) is 1. The van der Waals surface area contributed by atoms with Gasteiger partial charge in [0.15, 0.2) is 0 Å². The summed E-state index contributed by atoms with van der Waals surface area (Å²) in [5.74, 6) is -0.272. The molecule has 1 amide bonds. The Kier molecular flexibility index (Phi) is 6.39. The van der Waals surface area contributed by atoms with Gasteiger partial charge in [-0.05, 0) is 42.8 Å². The lowest BCUT2D eigenvalue weighted by Crippen LogP contribution is -2.27. The van der Waals surface area contributed by atoms with E-state index in [4.69, 9.17) is 4.74 Å². The van der Waals surface area contributed by atoms with E-state index in [-0.39, 0.29) is 10.8 Å². The molecule has 0 saturated heterocycles. The van der Waals surface area contributed by atoms with Gasteiger partial charge in [-0.2, -0.15) is 0 Å². The first-order valence-electron chi connectivity index (χ1n) is 10.4. The number of aromatic nitrogens is 1. The van der Waals surface area contributed by atoms with Gasteiger partial charge in [0, 0.05) is 35.9 Å². The van der Waals surface area contributed by atoms with Crippen molar-refractivity contribution in [2.75, 3.05) is 19.8 Å². The standard InChI is InChI=1S/C25H24N2O4S/c1-2-31-17-16-26-25(28)20-12-14-21(15-13-20)32(29,30)27-18-23(19-8-4-3-5-9-19)22-10-6-7-11-24(22)27/h3-15,18H,2,16-17H2,1H3,(H,26,28). The quantitative estimate of drug-likeness (QED) is 0.408. The predicted octanol–water partition coefficient (Wildman–Crippen LogP) is 4.31. The van der Waals surface area contributed by atoms with Crippen LogP contribution >= 0.6 is 0 Å². The summed E-state index contributed by atoms with van der Waals surface area (Å²) >= 11 is 0. The van der Waals surface area contributed by atoms with Crippen molar-refractivity contribution in [1.82, 2.24) is 9.29 Å². The molecule has 1 aromatic heterocycles. The zero-order chi connectivity index (χ0) is 22.6. The SMILES string of the molecule is CCOCCNC(=O)c1ccc(S(=O)(=O)n2cc(-c3ccccc3)c3ccccc32)cc1. The fourth-order valence-electron chi connectivity index (χ4n) is 3.57. The fourth-order valence-corrected chi connectivity index (χ4v) is 4.94. The summed E-state index contributed by atoms with van der Waals surface area (Å²) in [4.78, 5) is 12.4. The second-order valence-electron chi connectivity index (χ2n) is 7.20. The van der Waals surface area contributed by atoms with Gasteiger partial charge in [0.2, 0.25) is 0 Å². The maximum Gasteiger partial charge on any atom is 0.268 e. The highest BCUT2D eigenvalue weighted by Gasteiger charge is 2.22. The summed E-state index contributed by atoms with van der Waals surface area (Å²) in [6.45, 7) is 3.30. The molecule has 6 nitrogen and oxygen atoms in total. The Morgan fingerprint density at radius 3 is 2.34 bits per heavy atom. The molecule has 1 N–H and O–H groups in total. The molecule has 164 valence electrons. The average molecular weight is 449 g/mol. The Morgan fingerprint density at radius 2 is 1.62 bits per heavy atom. The molecule has 0 saturated carbocycles. The minimum Gasteiger partial charge on any atom is -0.380 e. The van der Waals surface area contributed by atoms with E-state index in [0.29, 0.717) is 30.8 Å². The van der Waals surface area contributed by atoms with Gasteiger partial charge in [-0.15, -0.1) is 0 Å². The van der Waals surface area contributed by atoms with Gasteiger partial charge < -0.3 is 10.1 Å². The van der Waals surface area contributed by atoms with E-state index < -0.39 is 10.0 Å². The molecule has 0 fully saturated rings. The van der Waals surface area contributed by atoms with Gasteiger partial charge in [0.05, 0.1) is 17.0 Å². The molecule has 0 spiro atoms. The van der Waals surface area contributed by atoms with Crippen LogP contribution in [0.1, 0.15) is 17.3 Å². The van der Waals surface area contributed by atoms with Gasteiger partial charge in [0.1, 0.15) is 0 Å². The molecule has 0 unspecified atom stereocenters. The molecule has 4 aromatic rings. The topological polar surface area (TPSA) is 77.4 Å². The van der Waals surface area contributed by atoms with Crippen molar-refractivity contribution in [3.8, 4) is 11.1 Å². The Morgan fingerprint density at radius 1 is 0.938 bits per heavy atom. The zero-order valence-corrected chi connectivity index (χ0v) is 18.5. The van der Waals surface area contributed by atoms with Gasteiger partial charge in [-0.3, -0.25) is 4.79 Å². The van der Waals surface area contributed by atoms with Crippen LogP contribution in [0.25, 0.3) is 22.0 Å². The van der Waals surface area contributed by atoms with Crippen molar-refractivity contribution in [2.45, 2.75) is 11.8 Å². The molecule has 1 heterocycles. The smallest absolute Gasteiger partial charge is 0.268 e. The number of carbonyl (C=O) groups is 1. The summed E-state index contributed by atoms with van der Waals surface area (Å²) in [6, 6.07) is 23.1. The highest BCUT2D eigenvalue weighted by Crippen LogP contribution is 2.32. The lowest BCUT2D eigenvalue weighted by Gasteiger charge is -2.09. The van der Waals surface area contributed by atoms with E-state index in [1.165, 1.54) is 28.2 Å². The lowest BCUT2D eigenvalue weighted by atomic mass is 10.1. The third-order valence-electron chi connectivity index (χ3n) is 5.17. The molecule has 0 atom stereocenters. The first kappa shape index (κ1) is 21.8. The molecular formula is C25H24N2O4S. The van der Waals surface area contributed by atoms with Crippen LogP contribution in [0.15, 0.2) is 90.0 Å². The van der Waals surface area contributed by atoms with E-state index in [1.54, 1.807) is 12.3 Å². The molecule has 4 rings (SSSR count). The summed E-state index contributed by atoms with van der Waals surface area (Å²) < 4.78 is 33.4. The number of nitrogens with zero attached hydrogens (tertiary/aromatic N) is 1. The van der Waals surface area contributed by atoms with Crippen LogP contribution in [0.4, 0.5) is 0 Å². The monoisotopic (exact) mass is 448 g/mol. The number of benzene rings is 3. The Labute approximate surface area is 187 Å². The second-order valence-corrected chi connectivity index (χ2v) is 9.02. The van der Waals surface area contributed by atoms with Crippen LogP contribution in [-0.4, -0.2) is 38.1 Å². The zero-order valence-electron chi connectivity index (χ0n) is 17.7. The number of amides is 1. The van der Waals surface area contributed by atoms with Crippen molar-refractivity contribution in [3.63, 3.8) is 0 Å². The molecular weight excluding hydrogens is 424 g/mol. The van der Waals surface area contributed by atoms with Crippen LogP contribution < -0.4 is 5.32 Å². The van der Waals surface area contributed by atoms with Crippen LogP contribution in [0.3, 0.4) is 0 Å². The Balaban J connectivity index is 1.66. The highest BCUT2D eigenvalue weighted by atomic mass is 32.2. The van der Waals surface area contributed by atoms with Crippen molar-refractivity contribution in [3.05, 3.63) is 90.6 Å². The number of ether oxygens (including phenoxy) is 1. The van der Waals surface area contributed by atoms with Gasteiger partial charge in [0.25, 0.3) is 15.9 Å². The minimum absolute atomic E-state index is 0.115. The number of rotatable bonds is 8. The summed E-state index contributed by atoms with van der Waals surface area (Å²) in [5.41, 5.74) is 2.78. The maximum absolute atomic E-state index is 13.5. The minimum atomic E-state index is -3.85. The summed E-state index contributed by atoms with van der Waals surface area (Å²) in [6.07, 6.45) is 1.66. The van der Waals surface area contributed by atoms with E-state index in [9.17, 15) is 13.2 Å². The van der Waals surface area contributed by atoms with Crippen LogP contribution in [-0.2, 0) is 14.8 Å². The largest absolute Gasteiger partial charge is 0.380 e. The molecule has 0 aliphatic rings. The van der Waals surface area contributed by atoms with Gasteiger partial charge in [-0.1, -0.05) is 48.5 Å². The Hall–Kier alpha value is -3.42. The number of carbonyl (C=O) groups excluding carboxylic acids is 1. The molecule has 0 aliphatic carbocycles. The number of hydrogen-bond acceptors (Lipinski definition) is 4. The second kappa shape index (κ2) is 9.38. The van der Waals surface area contributed by atoms with Gasteiger partial charge in [-0.25, -0.2) is 12.4 Å². The third kappa shape index (κ3) is 4.30. The molecule has 0 radical (unpaired) electrons. The van der Waals surface area contributed by atoms with Crippen LogP contribution in [0.2, 0.25) is 0 Å². The van der Waals surface area contributed by atoms with Gasteiger partial charge >= 0.3 is 0 Å².